The molecule has 0 amide bonds. The molecule has 2 aliphatic heterocycles. The molecule has 28 heavy (non-hydrogen) atoms. The predicted octanol–water partition coefficient (Wildman–Crippen LogP) is 1.77. The molecule has 1 unspecified atom stereocenters. The van der Waals surface area contributed by atoms with Crippen LogP contribution in [0.4, 0.5) is 0 Å². The van der Waals surface area contributed by atoms with E-state index in [1.54, 1.807) is 0 Å². The summed E-state index contributed by atoms with van der Waals surface area (Å²) in [5.74, 6) is 0.935. The van der Waals surface area contributed by atoms with Crippen LogP contribution in [-0.4, -0.2) is 88.3 Å². The monoisotopic (exact) mass is 396 g/mol. The molecule has 2 N–H and O–H groups in total. The van der Waals surface area contributed by atoms with Crippen LogP contribution in [0.25, 0.3) is 0 Å². The second kappa shape index (κ2) is 12.0. The number of nitrogens with one attached hydrogen (secondary N) is 2. The molecule has 0 radical (unpaired) electrons. The fraction of sp³-hybridized carbons (Fsp3) is 0.952. The fourth-order valence-electron chi connectivity index (χ4n) is 4.56. The molecular weight excluding hydrogens is 356 g/mol. The Morgan fingerprint density at radius 2 is 1.93 bits per heavy atom. The van der Waals surface area contributed by atoms with Gasteiger partial charge in [0, 0.05) is 44.9 Å². The lowest BCUT2D eigenvalue weighted by molar-refractivity contribution is -0.0333. The van der Waals surface area contributed by atoms with Gasteiger partial charge in [0.05, 0.1) is 32.5 Å². The Labute approximate surface area is 170 Å². The number of hydrogen-bond donors (Lipinski definition) is 2. The van der Waals surface area contributed by atoms with Gasteiger partial charge in [-0.25, -0.2) is 0 Å². The summed E-state index contributed by atoms with van der Waals surface area (Å²) in [7, 11) is 0. The molecule has 0 bridgehead atoms. The molecule has 3 aliphatic rings. The zero-order valence-electron chi connectivity index (χ0n) is 17.7. The Morgan fingerprint density at radius 1 is 1.11 bits per heavy atom. The van der Waals surface area contributed by atoms with Crippen molar-refractivity contribution in [2.45, 2.75) is 63.5 Å². The van der Waals surface area contributed by atoms with Crippen molar-refractivity contribution in [3.05, 3.63) is 0 Å². The van der Waals surface area contributed by atoms with E-state index in [1.807, 2.05) is 0 Å². The van der Waals surface area contributed by atoms with Gasteiger partial charge in [0.15, 0.2) is 5.96 Å². The third kappa shape index (κ3) is 6.58. The molecular formula is C21H40N4O3. The van der Waals surface area contributed by atoms with Crippen LogP contribution < -0.4 is 10.6 Å². The van der Waals surface area contributed by atoms with E-state index in [0.29, 0.717) is 6.10 Å². The second-order valence-electron chi connectivity index (χ2n) is 8.22. The van der Waals surface area contributed by atoms with E-state index in [-0.39, 0.29) is 5.54 Å². The minimum absolute atomic E-state index is 0.218. The maximum atomic E-state index is 5.85. The van der Waals surface area contributed by atoms with E-state index in [4.69, 9.17) is 19.2 Å². The van der Waals surface area contributed by atoms with E-state index in [9.17, 15) is 0 Å². The van der Waals surface area contributed by atoms with E-state index >= 15 is 0 Å². The summed E-state index contributed by atoms with van der Waals surface area (Å²) in [5, 5.41) is 6.90. The molecule has 0 aromatic rings. The smallest absolute Gasteiger partial charge is 0.191 e. The van der Waals surface area contributed by atoms with Crippen molar-refractivity contribution in [3.63, 3.8) is 0 Å². The Hall–Kier alpha value is -0.890. The SMILES string of the molecule is CCNC(=NCC1(N2CCOCC2)CCCCC1)NCCCOC1CCOC1. The van der Waals surface area contributed by atoms with Crippen molar-refractivity contribution in [3.8, 4) is 0 Å². The first kappa shape index (κ1) is 21.8. The van der Waals surface area contributed by atoms with Crippen LogP contribution in [0.2, 0.25) is 0 Å². The second-order valence-corrected chi connectivity index (χ2v) is 8.22. The third-order valence-electron chi connectivity index (χ3n) is 6.20. The fourth-order valence-corrected chi connectivity index (χ4v) is 4.56. The van der Waals surface area contributed by atoms with Crippen molar-refractivity contribution < 1.29 is 14.2 Å². The van der Waals surface area contributed by atoms with Gasteiger partial charge in [-0.3, -0.25) is 9.89 Å². The highest BCUT2D eigenvalue weighted by Crippen LogP contribution is 2.34. The van der Waals surface area contributed by atoms with Gasteiger partial charge in [-0.2, -0.15) is 0 Å². The summed E-state index contributed by atoms with van der Waals surface area (Å²) in [4.78, 5) is 7.66. The van der Waals surface area contributed by atoms with Crippen molar-refractivity contribution in [1.82, 2.24) is 15.5 Å². The first-order chi connectivity index (χ1) is 13.8. The zero-order chi connectivity index (χ0) is 19.5. The van der Waals surface area contributed by atoms with Crippen molar-refractivity contribution in [1.29, 1.82) is 0 Å². The van der Waals surface area contributed by atoms with Crippen LogP contribution >= 0.6 is 0 Å². The zero-order valence-corrected chi connectivity index (χ0v) is 17.7. The summed E-state index contributed by atoms with van der Waals surface area (Å²) < 4.78 is 16.8. The quantitative estimate of drug-likeness (QED) is 0.352. The van der Waals surface area contributed by atoms with Crippen molar-refractivity contribution in [2.75, 3.05) is 65.8 Å². The standard InChI is InChI=1S/C21H40N4O3/c1-2-22-20(23-10-6-13-28-19-7-14-27-17-19)24-18-21(8-4-3-5-9-21)25-11-15-26-16-12-25/h19H,2-18H2,1H3,(H2,22,23,24). The van der Waals surface area contributed by atoms with E-state index in [0.717, 1.165) is 84.6 Å². The van der Waals surface area contributed by atoms with Crippen molar-refractivity contribution >= 4 is 5.96 Å². The highest BCUT2D eigenvalue weighted by molar-refractivity contribution is 5.79. The molecule has 2 heterocycles. The van der Waals surface area contributed by atoms with Gasteiger partial charge in [-0.05, 0) is 32.6 Å². The Morgan fingerprint density at radius 3 is 2.64 bits per heavy atom. The molecule has 7 heteroatoms. The van der Waals surface area contributed by atoms with Gasteiger partial charge in [0.25, 0.3) is 0 Å². The lowest BCUT2D eigenvalue weighted by Crippen LogP contribution is -2.56. The van der Waals surface area contributed by atoms with Gasteiger partial charge in [0.2, 0.25) is 0 Å². The molecule has 0 spiro atoms. The number of hydrogen-bond acceptors (Lipinski definition) is 5. The van der Waals surface area contributed by atoms with E-state index in [1.165, 1.54) is 32.1 Å². The average molecular weight is 397 g/mol. The van der Waals surface area contributed by atoms with Crippen LogP contribution in [-0.2, 0) is 14.2 Å². The predicted molar refractivity (Wildman–Crippen MR) is 112 cm³/mol. The molecule has 3 fully saturated rings. The maximum Gasteiger partial charge on any atom is 0.191 e. The number of ether oxygens (including phenoxy) is 3. The largest absolute Gasteiger partial charge is 0.379 e. The summed E-state index contributed by atoms with van der Waals surface area (Å²) in [6.07, 6.45) is 8.82. The number of nitrogens with zero attached hydrogens (tertiary/aromatic N) is 2. The Balaban J connectivity index is 1.47. The molecule has 1 atom stereocenters. The Bertz CT molecular complexity index is 457. The highest BCUT2D eigenvalue weighted by atomic mass is 16.5. The molecule has 162 valence electrons. The highest BCUT2D eigenvalue weighted by Gasteiger charge is 2.38. The molecule has 3 rings (SSSR count). The van der Waals surface area contributed by atoms with Gasteiger partial charge >= 0.3 is 0 Å². The van der Waals surface area contributed by atoms with Crippen LogP contribution in [0, 0.1) is 0 Å². The molecule has 0 aromatic carbocycles. The number of morpholine rings is 1. The van der Waals surface area contributed by atoms with Gasteiger partial charge < -0.3 is 24.8 Å². The van der Waals surface area contributed by atoms with Crippen LogP contribution in [0.5, 0.6) is 0 Å². The summed E-state index contributed by atoms with van der Waals surface area (Å²) >= 11 is 0. The molecule has 0 aromatic heterocycles. The van der Waals surface area contributed by atoms with Crippen LogP contribution in [0.1, 0.15) is 51.9 Å². The number of aliphatic imine (C=N–C) groups is 1. The number of guanidine groups is 1. The van der Waals surface area contributed by atoms with Gasteiger partial charge in [-0.1, -0.05) is 19.3 Å². The minimum Gasteiger partial charge on any atom is -0.379 e. The van der Waals surface area contributed by atoms with Crippen molar-refractivity contribution in [2.24, 2.45) is 4.99 Å². The van der Waals surface area contributed by atoms with Gasteiger partial charge in [-0.15, -0.1) is 0 Å². The molecule has 1 saturated carbocycles. The average Bonchev–Trinajstić information content (AvgIpc) is 3.26. The summed E-state index contributed by atoms with van der Waals surface area (Å²) in [6.45, 7) is 10.9. The van der Waals surface area contributed by atoms with Crippen LogP contribution in [0.3, 0.4) is 0 Å². The summed E-state index contributed by atoms with van der Waals surface area (Å²) in [5.41, 5.74) is 0.218. The van der Waals surface area contributed by atoms with Gasteiger partial charge in [0.1, 0.15) is 0 Å². The third-order valence-corrected chi connectivity index (χ3v) is 6.20. The normalized spacial score (nSPS) is 26.3. The first-order valence-electron chi connectivity index (χ1n) is 11.4. The summed E-state index contributed by atoms with van der Waals surface area (Å²) in [6, 6.07) is 0. The minimum atomic E-state index is 0.218. The van der Waals surface area contributed by atoms with Crippen LogP contribution in [0.15, 0.2) is 4.99 Å². The first-order valence-corrected chi connectivity index (χ1v) is 11.4. The molecule has 7 nitrogen and oxygen atoms in total. The number of rotatable bonds is 9. The van der Waals surface area contributed by atoms with E-state index in [2.05, 4.69) is 22.5 Å². The molecule has 1 aliphatic carbocycles. The van der Waals surface area contributed by atoms with E-state index < -0.39 is 0 Å². The lowest BCUT2D eigenvalue weighted by atomic mass is 9.80. The maximum absolute atomic E-state index is 5.85. The lowest BCUT2D eigenvalue weighted by Gasteiger charge is -2.47. The molecule has 2 saturated heterocycles. The topological polar surface area (TPSA) is 67.4 Å². The Kier molecular flexibility index (Phi) is 9.31.